The number of ether oxygens (including phenoxy) is 1. The fraction of sp³-hybridized carbons (Fsp3) is 0.167. The number of methoxy groups -OCH3 is 1. The maximum Gasteiger partial charge on any atom is 0.132 e. The van der Waals surface area contributed by atoms with Crippen molar-refractivity contribution < 1.29 is 9.13 Å². The van der Waals surface area contributed by atoms with Gasteiger partial charge >= 0.3 is 0 Å². The predicted octanol–water partition coefficient (Wildman–Crippen LogP) is 4.36. The SMILES string of the molecule is COc1ccc(C(N)c2cc(Cl)c(Br)s2)c(F)c1. The maximum absolute atomic E-state index is 13.9. The molecule has 0 saturated carbocycles. The topological polar surface area (TPSA) is 35.2 Å². The fourth-order valence-electron chi connectivity index (χ4n) is 1.56. The van der Waals surface area contributed by atoms with Crippen LogP contribution in [0.5, 0.6) is 5.75 Å². The molecular weight excluding hydrogens is 341 g/mol. The summed E-state index contributed by atoms with van der Waals surface area (Å²) >= 11 is 10.7. The minimum absolute atomic E-state index is 0.387. The summed E-state index contributed by atoms with van der Waals surface area (Å²) in [5.74, 6) is 0.0799. The third-order valence-corrected chi connectivity index (χ3v) is 5.07. The van der Waals surface area contributed by atoms with Gasteiger partial charge in [0.05, 0.1) is 22.0 Å². The normalized spacial score (nSPS) is 12.5. The van der Waals surface area contributed by atoms with E-state index in [2.05, 4.69) is 15.9 Å². The molecule has 0 aliphatic rings. The van der Waals surface area contributed by atoms with E-state index in [0.29, 0.717) is 16.3 Å². The molecule has 2 aromatic rings. The van der Waals surface area contributed by atoms with Crippen molar-refractivity contribution in [2.24, 2.45) is 5.73 Å². The Hall–Kier alpha value is -0.620. The minimum atomic E-state index is -0.537. The van der Waals surface area contributed by atoms with Crippen molar-refractivity contribution in [1.82, 2.24) is 0 Å². The summed E-state index contributed by atoms with van der Waals surface area (Å²) < 4.78 is 19.6. The molecular formula is C12H10BrClFNOS. The molecule has 0 aliphatic carbocycles. The van der Waals surface area contributed by atoms with Crippen LogP contribution in [0, 0.1) is 5.82 Å². The van der Waals surface area contributed by atoms with Crippen LogP contribution in [0.15, 0.2) is 28.1 Å². The largest absolute Gasteiger partial charge is 0.497 e. The number of rotatable bonds is 3. The number of halogens is 3. The molecule has 6 heteroatoms. The standard InChI is InChI=1S/C12H10BrClFNOS/c1-17-6-2-3-7(9(15)4-6)11(16)10-5-8(14)12(13)18-10/h2-5,11H,16H2,1H3. The molecule has 18 heavy (non-hydrogen) atoms. The van der Waals surface area contributed by atoms with E-state index in [9.17, 15) is 4.39 Å². The van der Waals surface area contributed by atoms with Gasteiger partial charge in [0.25, 0.3) is 0 Å². The third-order valence-electron chi connectivity index (χ3n) is 2.51. The average Bonchev–Trinajstić information content (AvgIpc) is 2.68. The first kappa shape index (κ1) is 13.8. The molecule has 2 N–H and O–H groups in total. The van der Waals surface area contributed by atoms with E-state index < -0.39 is 6.04 Å². The number of hydrogen-bond acceptors (Lipinski definition) is 3. The molecule has 1 unspecified atom stereocenters. The average molecular weight is 351 g/mol. The second-order valence-corrected chi connectivity index (χ2v) is 6.44. The van der Waals surface area contributed by atoms with Gasteiger partial charge in [0, 0.05) is 16.5 Å². The molecule has 2 nitrogen and oxygen atoms in total. The summed E-state index contributed by atoms with van der Waals surface area (Å²) in [5, 5.41) is 0.583. The van der Waals surface area contributed by atoms with E-state index in [4.69, 9.17) is 22.1 Å². The van der Waals surface area contributed by atoms with E-state index >= 15 is 0 Å². The number of hydrogen-bond donors (Lipinski definition) is 1. The van der Waals surface area contributed by atoms with Crippen molar-refractivity contribution >= 4 is 38.9 Å². The van der Waals surface area contributed by atoms with Gasteiger partial charge in [0.15, 0.2) is 0 Å². The molecule has 1 aromatic carbocycles. The Balaban J connectivity index is 2.36. The van der Waals surface area contributed by atoms with E-state index in [-0.39, 0.29) is 5.82 Å². The highest BCUT2D eigenvalue weighted by Gasteiger charge is 2.17. The summed E-state index contributed by atoms with van der Waals surface area (Å²) in [4.78, 5) is 0.802. The van der Waals surface area contributed by atoms with Gasteiger partial charge in [0.1, 0.15) is 11.6 Å². The Bertz CT molecular complexity index is 556. The monoisotopic (exact) mass is 349 g/mol. The molecule has 0 bridgehead atoms. The zero-order valence-electron chi connectivity index (χ0n) is 9.41. The first-order chi connectivity index (χ1) is 8.52. The molecule has 0 amide bonds. The van der Waals surface area contributed by atoms with Crippen LogP contribution in [0.2, 0.25) is 5.02 Å². The zero-order chi connectivity index (χ0) is 13.3. The fourth-order valence-corrected chi connectivity index (χ4v) is 3.32. The Morgan fingerprint density at radius 3 is 2.67 bits per heavy atom. The van der Waals surface area contributed by atoms with Gasteiger partial charge in [-0.05, 0) is 28.1 Å². The second kappa shape index (κ2) is 5.57. The van der Waals surface area contributed by atoms with E-state index in [1.807, 2.05) is 0 Å². The molecule has 96 valence electrons. The van der Waals surface area contributed by atoms with Gasteiger partial charge in [-0.15, -0.1) is 11.3 Å². The Morgan fingerprint density at radius 1 is 1.44 bits per heavy atom. The molecule has 0 fully saturated rings. The van der Waals surface area contributed by atoms with Gasteiger partial charge in [-0.25, -0.2) is 4.39 Å². The highest BCUT2D eigenvalue weighted by molar-refractivity contribution is 9.11. The highest BCUT2D eigenvalue weighted by Crippen LogP contribution is 2.37. The van der Waals surface area contributed by atoms with E-state index in [1.165, 1.54) is 24.5 Å². The quantitative estimate of drug-likeness (QED) is 0.892. The van der Waals surface area contributed by atoms with Gasteiger partial charge < -0.3 is 10.5 Å². The van der Waals surface area contributed by atoms with Gasteiger partial charge in [-0.1, -0.05) is 17.7 Å². The first-order valence-corrected chi connectivity index (χ1v) is 7.05. The molecule has 1 atom stereocenters. The van der Waals surface area contributed by atoms with Crippen LogP contribution >= 0.6 is 38.9 Å². The van der Waals surface area contributed by atoms with Crippen LogP contribution in [0.25, 0.3) is 0 Å². The molecule has 1 aromatic heterocycles. The Labute approximate surface area is 122 Å². The van der Waals surface area contributed by atoms with Crippen LogP contribution < -0.4 is 10.5 Å². The lowest BCUT2D eigenvalue weighted by molar-refractivity contribution is 0.410. The van der Waals surface area contributed by atoms with Gasteiger partial charge in [-0.2, -0.15) is 0 Å². The molecule has 1 heterocycles. The Kier molecular flexibility index (Phi) is 4.27. The molecule has 0 radical (unpaired) electrons. The number of nitrogens with two attached hydrogens (primary N) is 1. The van der Waals surface area contributed by atoms with Crippen molar-refractivity contribution in [3.63, 3.8) is 0 Å². The van der Waals surface area contributed by atoms with Crippen molar-refractivity contribution in [2.75, 3.05) is 7.11 Å². The summed E-state index contributed by atoms with van der Waals surface area (Å²) in [5.41, 5.74) is 6.46. The second-order valence-electron chi connectivity index (χ2n) is 3.64. The van der Waals surface area contributed by atoms with Gasteiger partial charge in [-0.3, -0.25) is 0 Å². The lowest BCUT2D eigenvalue weighted by Gasteiger charge is -2.12. The molecule has 2 rings (SSSR count). The summed E-state index contributed by atoms with van der Waals surface area (Å²) in [6.45, 7) is 0. The zero-order valence-corrected chi connectivity index (χ0v) is 12.6. The summed E-state index contributed by atoms with van der Waals surface area (Å²) in [6.07, 6.45) is 0. The highest BCUT2D eigenvalue weighted by atomic mass is 79.9. The molecule has 0 aliphatic heterocycles. The molecule has 0 spiro atoms. The summed E-state index contributed by atoms with van der Waals surface area (Å²) in [7, 11) is 1.49. The maximum atomic E-state index is 13.9. The van der Waals surface area contributed by atoms with Crippen molar-refractivity contribution in [1.29, 1.82) is 0 Å². The van der Waals surface area contributed by atoms with Crippen LogP contribution in [-0.4, -0.2) is 7.11 Å². The lowest BCUT2D eigenvalue weighted by Crippen LogP contribution is -2.12. The minimum Gasteiger partial charge on any atom is -0.497 e. The van der Waals surface area contributed by atoms with E-state index in [0.717, 1.165) is 8.66 Å². The van der Waals surface area contributed by atoms with Crippen LogP contribution in [0.4, 0.5) is 4.39 Å². The lowest BCUT2D eigenvalue weighted by atomic mass is 10.1. The third kappa shape index (κ3) is 2.69. The summed E-state index contributed by atoms with van der Waals surface area (Å²) in [6, 6.07) is 5.83. The smallest absolute Gasteiger partial charge is 0.132 e. The first-order valence-electron chi connectivity index (χ1n) is 5.06. The van der Waals surface area contributed by atoms with E-state index in [1.54, 1.807) is 18.2 Å². The number of thiophene rings is 1. The Morgan fingerprint density at radius 2 is 2.17 bits per heavy atom. The van der Waals surface area contributed by atoms with Gasteiger partial charge in [0.2, 0.25) is 0 Å². The van der Waals surface area contributed by atoms with Crippen LogP contribution in [0.3, 0.4) is 0 Å². The van der Waals surface area contributed by atoms with Crippen LogP contribution in [-0.2, 0) is 0 Å². The predicted molar refractivity (Wildman–Crippen MR) is 76.0 cm³/mol. The van der Waals surface area contributed by atoms with Crippen molar-refractivity contribution in [3.05, 3.63) is 49.3 Å². The van der Waals surface area contributed by atoms with Crippen molar-refractivity contribution in [2.45, 2.75) is 6.04 Å². The van der Waals surface area contributed by atoms with Crippen molar-refractivity contribution in [3.8, 4) is 5.75 Å². The molecule has 0 saturated heterocycles. The number of benzene rings is 1. The van der Waals surface area contributed by atoms with Crippen LogP contribution in [0.1, 0.15) is 16.5 Å².